The van der Waals surface area contributed by atoms with Gasteiger partial charge in [-0.3, -0.25) is 4.79 Å². The van der Waals surface area contributed by atoms with E-state index in [1.165, 1.54) is 0 Å². The lowest BCUT2D eigenvalue weighted by Crippen LogP contribution is -1.92. The number of carbonyl (C=O) groups excluding carboxylic acids is 1. The fourth-order valence-electron chi connectivity index (χ4n) is 2.25. The molecule has 3 heteroatoms. The molecule has 0 aliphatic carbocycles. The van der Waals surface area contributed by atoms with Gasteiger partial charge in [-0.05, 0) is 30.4 Å². The average Bonchev–Trinajstić information content (AvgIpc) is 2.95. The molecular formula is C18H15NO2. The minimum absolute atomic E-state index is 0.00662. The molecule has 1 heterocycles. The van der Waals surface area contributed by atoms with E-state index in [2.05, 4.69) is 4.98 Å². The fourth-order valence-corrected chi connectivity index (χ4v) is 2.25. The Hall–Kier alpha value is -2.81. The third-order valence-corrected chi connectivity index (χ3v) is 3.39. The summed E-state index contributed by atoms with van der Waals surface area (Å²) in [7, 11) is 1.64. The van der Waals surface area contributed by atoms with Crippen LogP contribution < -0.4 is 4.74 Å². The molecule has 0 saturated heterocycles. The topological polar surface area (TPSA) is 42.1 Å². The predicted octanol–water partition coefficient (Wildman–Crippen LogP) is 4.07. The lowest BCUT2D eigenvalue weighted by atomic mass is 10.1. The zero-order chi connectivity index (χ0) is 14.7. The number of fused-ring (bicyclic) bond motifs is 1. The van der Waals surface area contributed by atoms with Gasteiger partial charge >= 0.3 is 0 Å². The molecule has 21 heavy (non-hydrogen) atoms. The molecule has 3 nitrogen and oxygen atoms in total. The minimum atomic E-state index is -0.00662. The maximum atomic E-state index is 12.1. The summed E-state index contributed by atoms with van der Waals surface area (Å²) in [5, 5.41) is 1.03. The van der Waals surface area contributed by atoms with Crippen LogP contribution in [0.4, 0.5) is 0 Å². The van der Waals surface area contributed by atoms with Crippen LogP contribution in [0.5, 0.6) is 5.75 Å². The van der Waals surface area contributed by atoms with Crippen molar-refractivity contribution in [2.24, 2.45) is 0 Å². The number of aromatic nitrogens is 1. The number of rotatable bonds is 4. The first-order valence-electron chi connectivity index (χ1n) is 6.70. The van der Waals surface area contributed by atoms with Crippen LogP contribution >= 0.6 is 0 Å². The minimum Gasteiger partial charge on any atom is -0.497 e. The number of benzene rings is 2. The normalized spacial score (nSPS) is 11.1. The van der Waals surface area contributed by atoms with Gasteiger partial charge in [-0.25, -0.2) is 0 Å². The number of aromatic amines is 1. The van der Waals surface area contributed by atoms with E-state index in [1.807, 2.05) is 60.8 Å². The zero-order valence-electron chi connectivity index (χ0n) is 11.7. The van der Waals surface area contributed by atoms with Gasteiger partial charge in [0, 0.05) is 28.2 Å². The standard InChI is InChI=1S/C18H15NO2/c1-21-15-8-9-17-16(11-15)14(12-19-17)7-10-18(20)13-5-3-2-4-6-13/h2-12,19H,1H3. The predicted molar refractivity (Wildman–Crippen MR) is 84.7 cm³/mol. The highest BCUT2D eigenvalue weighted by Gasteiger charge is 2.04. The lowest BCUT2D eigenvalue weighted by Gasteiger charge is -1.99. The second-order valence-corrected chi connectivity index (χ2v) is 4.72. The molecule has 0 aliphatic heterocycles. The van der Waals surface area contributed by atoms with Crippen LogP contribution in [-0.4, -0.2) is 17.9 Å². The summed E-state index contributed by atoms with van der Waals surface area (Å²) in [6.45, 7) is 0. The number of H-pyrrole nitrogens is 1. The number of ether oxygens (including phenoxy) is 1. The molecule has 3 aromatic rings. The van der Waals surface area contributed by atoms with Gasteiger partial charge in [-0.15, -0.1) is 0 Å². The molecule has 0 aliphatic rings. The van der Waals surface area contributed by atoms with E-state index in [-0.39, 0.29) is 5.78 Å². The van der Waals surface area contributed by atoms with Crippen molar-refractivity contribution in [3.05, 3.63) is 71.9 Å². The molecule has 0 atom stereocenters. The lowest BCUT2D eigenvalue weighted by molar-refractivity contribution is 0.104. The Bertz CT molecular complexity index is 800. The summed E-state index contributed by atoms with van der Waals surface area (Å²) in [6, 6.07) is 15.1. The Kier molecular flexibility index (Phi) is 3.56. The Morgan fingerprint density at radius 3 is 2.71 bits per heavy atom. The molecule has 2 aromatic carbocycles. The van der Waals surface area contributed by atoms with Gasteiger partial charge in [-0.2, -0.15) is 0 Å². The van der Waals surface area contributed by atoms with Gasteiger partial charge in [0.2, 0.25) is 0 Å². The van der Waals surface area contributed by atoms with Crippen LogP contribution in [0.3, 0.4) is 0 Å². The third kappa shape index (κ3) is 2.72. The van der Waals surface area contributed by atoms with Gasteiger partial charge in [0.05, 0.1) is 7.11 Å². The van der Waals surface area contributed by atoms with Gasteiger partial charge < -0.3 is 9.72 Å². The Balaban J connectivity index is 1.91. The van der Waals surface area contributed by atoms with E-state index in [0.29, 0.717) is 5.56 Å². The molecule has 0 unspecified atom stereocenters. The first-order valence-corrected chi connectivity index (χ1v) is 6.70. The summed E-state index contributed by atoms with van der Waals surface area (Å²) < 4.78 is 5.24. The quantitative estimate of drug-likeness (QED) is 0.577. The Labute approximate surface area is 122 Å². The monoisotopic (exact) mass is 277 g/mol. The number of methoxy groups -OCH3 is 1. The molecule has 0 spiro atoms. The van der Waals surface area contributed by atoms with Crippen LogP contribution in [0.15, 0.2) is 60.8 Å². The van der Waals surface area contributed by atoms with E-state index in [9.17, 15) is 4.79 Å². The van der Waals surface area contributed by atoms with E-state index in [1.54, 1.807) is 13.2 Å². The molecular weight excluding hydrogens is 262 g/mol. The Morgan fingerprint density at radius 1 is 1.14 bits per heavy atom. The van der Waals surface area contributed by atoms with Crippen molar-refractivity contribution < 1.29 is 9.53 Å². The first-order chi connectivity index (χ1) is 10.3. The van der Waals surface area contributed by atoms with Crippen molar-refractivity contribution >= 4 is 22.8 Å². The van der Waals surface area contributed by atoms with Crippen LogP contribution in [0, 0.1) is 0 Å². The fraction of sp³-hybridized carbons (Fsp3) is 0.0556. The van der Waals surface area contributed by atoms with Crippen molar-refractivity contribution in [1.29, 1.82) is 0 Å². The number of hydrogen-bond acceptors (Lipinski definition) is 2. The van der Waals surface area contributed by atoms with Crippen LogP contribution in [0.1, 0.15) is 15.9 Å². The summed E-state index contributed by atoms with van der Waals surface area (Å²) in [5.41, 5.74) is 2.67. The molecule has 0 bridgehead atoms. The molecule has 1 aromatic heterocycles. The number of carbonyl (C=O) groups is 1. The third-order valence-electron chi connectivity index (χ3n) is 3.39. The van der Waals surface area contributed by atoms with E-state index < -0.39 is 0 Å². The van der Waals surface area contributed by atoms with Gasteiger partial charge in [0.25, 0.3) is 0 Å². The summed E-state index contributed by atoms with van der Waals surface area (Å²) in [5.74, 6) is 0.791. The maximum Gasteiger partial charge on any atom is 0.185 e. The largest absolute Gasteiger partial charge is 0.497 e. The molecule has 0 radical (unpaired) electrons. The molecule has 1 N–H and O–H groups in total. The first kappa shape index (κ1) is 13.2. The zero-order valence-corrected chi connectivity index (χ0v) is 11.7. The number of allylic oxidation sites excluding steroid dienone is 1. The van der Waals surface area contributed by atoms with E-state index in [0.717, 1.165) is 22.2 Å². The number of ketones is 1. The van der Waals surface area contributed by atoms with Crippen molar-refractivity contribution in [3.63, 3.8) is 0 Å². The van der Waals surface area contributed by atoms with Gasteiger partial charge in [0.15, 0.2) is 5.78 Å². The molecule has 0 amide bonds. The highest BCUT2D eigenvalue weighted by molar-refractivity contribution is 6.07. The average molecular weight is 277 g/mol. The van der Waals surface area contributed by atoms with E-state index in [4.69, 9.17) is 4.74 Å². The number of hydrogen-bond donors (Lipinski definition) is 1. The van der Waals surface area contributed by atoms with Crippen molar-refractivity contribution in [3.8, 4) is 5.75 Å². The maximum absolute atomic E-state index is 12.1. The van der Waals surface area contributed by atoms with Crippen molar-refractivity contribution in [1.82, 2.24) is 4.98 Å². The SMILES string of the molecule is COc1ccc2[nH]cc(C=CC(=O)c3ccccc3)c2c1. The summed E-state index contributed by atoms with van der Waals surface area (Å²) in [4.78, 5) is 15.3. The Morgan fingerprint density at radius 2 is 1.95 bits per heavy atom. The van der Waals surface area contributed by atoms with Crippen LogP contribution in [0.2, 0.25) is 0 Å². The van der Waals surface area contributed by atoms with E-state index >= 15 is 0 Å². The second-order valence-electron chi connectivity index (χ2n) is 4.72. The second kappa shape index (κ2) is 5.67. The molecule has 0 saturated carbocycles. The van der Waals surface area contributed by atoms with Crippen LogP contribution in [0.25, 0.3) is 17.0 Å². The highest BCUT2D eigenvalue weighted by Crippen LogP contribution is 2.24. The summed E-state index contributed by atoms with van der Waals surface area (Å²) >= 11 is 0. The molecule has 104 valence electrons. The van der Waals surface area contributed by atoms with Crippen molar-refractivity contribution in [2.45, 2.75) is 0 Å². The molecule has 3 rings (SSSR count). The van der Waals surface area contributed by atoms with Gasteiger partial charge in [-0.1, -0.05) is 30.3 Å². The van der Waals surface area contributed by atoms with Crippen molar-refractivity contribution in [2.75, 3.05) is 7.11 Å². The van der Waals surface area contributed by atoms with Gasteiger partial charge in [0.1, 0.15) is 5.75 Å². The summed E-state index contributed by atoms with van der Waals surface area (Å²) in [6.07, 6.45) is 5.31. The number of nitrogens with one attached hydrogen (secondary N) is 1. The smallest absolute Gasteiger partial charge is 0.185 e. The highest BCUT2D eigenvalue weighted by atomic mass is 16.5. The molecule has 0 fully saturated rings. The van der Waals surface area contributed by atoms with Crippen LogP contribution in [-0.2, 0) is 0 Å².